The van der Waals surface area contributed by atoms with Gasteiger partial charge < -0.3 is 15.3 Å². The van der Waals surface area contributed by atoms with E-state index in [1.165, 1.54) is 16.6 Å². The van der Waals surface area contributed by atoms with Gasteiger partial charge in [0.15, 0.2) is 10.3 Å². The Morgan fingerprint density at radius 1 is 1.11 bits per heavy atom. The number of aliphatic hydroxyl groups is 1. The Hall–Kier alpha value is -2.80. The van der Waals surface area contributed by atoms with Gasteiger partial charge in [0.1, 0.15) is 0 Å². The van der Waals surface area contributed by atoms with Crippen molar-refractivity contribution in [3.8, 4) is 0 Å². The lowest BCUT2D eigenvalue weighted by atomic mass is 10.3. The lowest BCUT2D eigenvalue weighted by Crippen LogP contribution is -2.47. The maximum atomic E-state index is 11.6. The minimum absolute atomic E-state index is 0.0178. The fourth-order valence-electron chi connectivity index (χ4n) is 3.49. The molecule has 1 aliphatic heterocycles. The topological polar surface area (TPSA) is 119 Å². The first-order chi connectivity index (χ1) is 17.1. The van der Waals surface area contributed by atoms with Crippen molar-refractivity contribution in [3.63, 3.8) is 0 Å². The summed E-state index contributed by atoms with van der Waals surface area (Å²) in [6.07, 6.45) is 3.23. The Labute approximate surface area is 213 Å². The van der Waals surface area contributed by atoms with Gasteiger partial charge in [-0.2, -0.15) is 15.0 Å². The fourth-order valence-corrected chi connectivity index (χ4v) is 4.98. The molecule has 35 heavy (non-hydrogen) atoms. The molecule has 186 valence electrons. The molecule has 0 radical (unpaired) electrons. The molecule has 1 aliphatic rings. The van der Waals surface area contributed by atoms with Gasteiger partial charge in [0.25, 0.3) is 0 Å². The van der Waals surface area contributed by atoms with Gasteiger partial charge in [-0.05, 0) is 42.4 Å². The number of nitrogens with zero attached hydrogens (tertiary/aromatic N) is 6. The molecule has 1 aromatic carbocycles. The Kier molecular flexibility index (Phi) is 8.85. The lowest BCUT2D eigenvalue weighted by Gasteiger charge is -2.34. The molecule has 0 aliphatic carbocycles. The van der Waals surface area contributed by atoms with Crippen LogP contribution in [0.4, 0.5) is 22.7 Å². The predicted molar refractivity (Wildman–Crippen MR) is 140 cm³/mol. The van der Waals surface area contributed by atoms with Crippen molar-refractivity contribution in [3.05, 3.63) is 35.3 Å². The van der Waals surface area contributed by atoms with E-state index in [0.717, 1.165) is 48.3 Å². The van der Waals surface area contributed by atoms with Crippen LogP contribution in [0, 0.1) is 0 Å². The lowest BCUT2D eigenvalue weighted by molar-refractivity contribution is -0.115. The number of nitrogens with one attached hydrogen (secondary N) is 2. The van der Waals surface area contributed by atoms with E-state index < -0.39 is 0 Å². The van der Waals surface area contributed by atoms with Crippen molar-refractivity contribution in [2.24, 2.45) is 0 Å². The van der Waals surface area contributed by atoms with E-state index in [4.69, 9.17) is 4.98 Å². The maximum Gasteiger partial charge on any atom is 0.234 e. The summed E-state index contributed by atoms with van der Waals surface area (Å²) in [5.41, 5.74) is 0.760. The van der Waals surface area contributed by atoms with Gasteiger partial charge in [0.2, 0.25) is 17.8 Å². The molecule has 4 rings (SSSR count). The second kappa shape index (κ2) is 12.2. The smallest absolute Gasteiger partial charge is 0.234 e. The number of piperazine rings is 1. The second-order valence-corrected chi connectivity index (χ2v) is 10.1. The van der Waals surface area contributed by atoms with Crippen LogP contribution >= 0.6 is 23.1 Å². The van der Waals surface area contributed by atoms with E-state index in [-0.39, 0.29) is 12.5 Å². The van der Waals surface area contributed by atoms with Crippen LogP contribution in [-0.4, -0.2) is 75.2 Å². The Morgan fingerprint density at radius 2 is 1.89 bits per heavy atom. The Morgan fingerprint density at radius 3 is 2.54 bits per heavy atom. The molecule has 10 nitrogen and oxygen atoms in total. The number of aryl methyl sites for hydroxylation is 1. The maximum absolute atomic E-state index is 11.6. The molecule has 12 heteroatoms. The summed E-state index contributed by atoms with van der Waals surface area (Å²) >= 11 is 3.03. The van der Waals surface area contributed by atoms with Crippen LogP contribution in [0.3, 0.4) is 0 Å². The number of thiazole rings is 1. The zero-order chi connectivity index (χ0) is 24.6. The van der Waals surface area contributed by atoms with E-state index in [1.807, 2.05) is 37.4 Å². The highest BCUT2D eigenvalue weighted by Crippen LogP contribution is 2.29. The van der Waals surface area contributed by atoms with E-state index in [1.54, 1.807) is 11.3 Å². The third kappa shape index (κ3) is 7.10. The third-order valence-electron chi connectivity index (χ3n) is 5.46. The van der Waals surface area contributed by atoms with Crippen LogP contribution < -0.4 is 15.5 Å². The summed E-state index contributed by atoms with van der Waals surface area (Å²) < 4.78 is 0. The van der Waals surface area contributed by atoms with Crippen LogP contribution in [-0.2, 0) is 11.2 Å². The Bertz CT molecular complexity index is 1120. The number of β-amino-alcohol motifs (C(OH)–C–C–N with tert-alkyl or cyclic N) is 1. The molecule has 1 fully saturated rings. The first-order valence-corrected chi connectivity index (χ1v) is 13.3. The van der Waals surface area contributed by atoms with Crippen molar-refractivity contribution in [1.82, 2.24) is 24.8 Å². The van der Waals surface area contributed by atoms with Crippen molar-refractivity contribution >= 4 is 51.7 Å². The van der Waals surface area contributed by atoms with Gasteiger partial charge in [0.05, 0.1) is 6.61 Å². The summed E-state index contributed by atoms with van der Waals surface area (Å²) in [5, 5.41) is 16.7. The van der Waals surface area contributed by atoms with Gasteiger partial charge in [-0.15, -0.1) is 11.3 Å². The average Bonchev–Trinajstić information content (AvgIpc) is 3.33. The number of rotatable bonds is 10. The number of anilines is 4. The summed E-state index contributed by atoms with van der Waals surface area (Å²) in [5.74, 6) is 1.06. The molecule has 1 amide bonds. The standard InChI is InChI=1S/C23H30N8O2S2/c1-3-17-15-24-22(34-17)27-20-26-21(31-11-9-30(10-12-31)13-14-32)29-23(28-20)35-18-7-5-16(6-8-18)25-19(33)4-2/h5-8,15,32H,3-4,9-14H2,1-2H3,(H,25,33)(H,24,26,27,28,29). The molecule has 1 saturated heterocycles. The zero-order valence-electron chi connectivity index (χ0n) is 19.9. The average molecular weight is 515 g/mol. The molecule has 2 aromatic heterocycles. The molecule has 0 bridgehead atoms. The van der Waals surface area contributed by atoms with Gasteiger partial charge in [-0.25, -0.2) is 4.98 Å². The molecule has 0 saturated carbocycles. The first-order valence-electron chi connectivity index (χ1n) is 11.7. The number of aliphatic hydroxyl groups excluding tert-OH is 1. The molecule has 0 atom stereocenters. The van der Waals surface area contributed by atoms with Gasteiger partial charge >= 0.3 is 0 Å². The van der Waals surface area contributed by atoms with E-state index in [9.17, 15) is 9.90 Å². The van der Waals surface area contributed by atoms with Gasteiger partial charge in [-0.3, -0.25) is 15.0 Å². The summed E-state index contributed by atoms with van der Waals surface area (Å²) in [4.78, 5) is 36.7. The number of benzene rings is 1. The number of carbonyl (C=O) groups is 1. The molecular weight excluding hydrogens is 484 g/mol. The largest absolute Gasteiger partial charge is 0.395 e. The number of aromatic nitrogens is 4. The van der Waals surface area contributed by atoms with Crippen LogP contribution in [0.1, 0.15) is 25.1 Å². The van der Waals surface area contributed by atoms with Gasteiger partial charge in [-0.1, -0.05) is 13.8 Å². The molecule has 3 N–H and O–H groups in total. The third-order valence-corrected chi connectivity index (χ3v) is 7.39. The molecule has 0 unspecified atom stereocenters. The highest BCUT2D eigenvalue weighted by molar-refractivity contribution is 7.99. The molecular formula is C23H30N8O2S2. The highest BCUT2D eigenvalue weighted by Gasteiger charge is 2.21. The predicted octanol–water partition coefficient (Wildman–Crippen LogP) is 3.25. The monoisotopic (exact) mass is 514 g/mol. The molecule has 3 heterocycles. The van der Waals surface area contributed by atoms with Crippen LogP contribution in [0.15, 0.2) is 40.5 Å². The zero-order valence-corrected chi connectivity index (χ0v) is 21.5. The minimum Gasteiger partial charge on any atom is -0.395 e. The molecule has 0 spiro atoms. The minimum atomic E-state index is -0.0178. The SMILES string of the molecule is CCC(=O)Nc1ccc(Sc2nc(Nc3ncc(CC)s3)nc(N3CCN(CCO)CC3)n2)cc1. The highest BCUT2D eigenvalue weighted by atomic mass is 32.2. The first kappa shape index (κ1) is 25.3. The number of amides is 1. The van der Waals surface area contributed by atoms with E-state index in [2.05, 4.69) is 42.3 Å². The number of hydrogen-bond acceptors (Lipinski definition) is 11. The molecule has 3 aromatic rings. The summed E-state index contributed by atoms with van der Waals surface area (Å²) in [7, 11) is 0. The summed E-state index contributed by atoms with van der Waals surface area (Å²) in [6, 6.07) is 7.63. The quantitative estimate of drug-likeness (QED) is 0.372. The van der Waals surface area contributed by atoms with Crippen LogP contribution in [0.5, 0.6) is 0 Å². The van der Waals surface area contributed by atoms with Crippen molar-refractivity contribution < 1.29 is 9.90 Å². The van der Waals surface area contributed by atoms with Crippen molar-refractivity contribution in [1.29, 1.82) is 0 Å². The van der Waals surface area contributed by atoms with Crippen molar-refractivity contribution in [2.75, 3.05) is 54.9 Å². The normalized spacial score (nSPS) is 14.2. The number of carbonyl (C=O) groups excluding carboxylic acids is 1. The fraction of sp³-hybridized carbons (Fsp3) is 0.435. The summed E-state index contributed by atoms with van der Waals surface area (Å²) in [6.45, 7) is 8.00. The Balaban J connectivity index is 1.54. The van der Waals surface area contributed by atoms with E-state index in [0.29, 0.717) is 30.0 Å². The van der Waals surface area contributed by atoms with Gasteiger partial charge in [0, 0.05) is 60.8 Å². The van der Waals surface area contributed by atoms with Crippen molar-refractivity contribution in [2.45, 2.75) is 36.7 Å². The van der Waals surface area contributed by atoms with Crippen LogP contribution in [0.2, 0.25) is 0 Å². The number of hydrogen-bond donors (Lipinski definition) is 3. The van der Waals surface area contributed by atoms with E-state index >= 15 is 0 Å². The second-order valence-electron chi connectivity index (χ2n) is 7.93. The van der Waals surface area contributed by atoms with Crippen LogP contribution in [0.25, 0.3) is 0 Å².